The number of aromatic nitrogens is 5. The van der Waals surface area contributed by atoms with Gasteiger partial charge in [0.25, 0.3) is 5.91 Å². The minimum absolute atomic E-state index is 0.300. The molecule has 0 aliphatic heterocycles. The van der Waals surface area contributed by atoms with Crippen molar-refractivity contribution >= 4 is 40.4 Å². The molecule has 0 fully saturated rings. The summed E-state index contributed by atoms with van der Waals surface area (Å²) in [7, 11) is 0. The van der Waals surface area contributed by atoms with Gasteiger partial charge in [0.2, 0.25) is 5.82 Å². The number of nitrogens with zero attached hydrogens (tertiary/aromatic N) is 5. The molecule has 0 saturated heterocycles. The molecule has 9 heteroatoms. The van der Waals surface area contributed by atoms with Crippen molar-refractivity contribution in [3.63, 3.8) is 0 Å². The highest BCUT2D eigenvalue weighted by atomic mass is 35.5. The Kier molecular flexibility index (Phi) is 5.26. The van der Waals surface area contributed by atoms with Crippen molar-refractivity contribution in [3.05, 3.63) is 94.6 Å². The second-order valence-corrected chi connectivity index (χ2v) is 7.73. The average Bonchev–Trinajstić information content (AvgIpc) is 3.24. The van der Waals surface area contributed by atoms with E-state index in [2.05, 4.69) is 25.6 Å². The number of benzene rings is 2. The van der Waals surface area contributed by atoms with Gasteiger partial charge in [-0.3, -0.25) is 9.78 Å². The normalized spacial score (nSPS) is 10.9. The number of nitrogens with one attached hydrogen (secondary N) is 1. The Balaban J connectivity index is 1.48. The molecule has 7 nitrogen and oxygen atoms in total. The summed E-state index contributed by atoms with van der Waals surface area (Å²) in [5.41, 5.74) is 3.67. The van der Waals surface area contributed by atoms with Crippen LogP contribution in [0.5, 0.6) is 0 Å². The molecular weight excluding hydrogens is 447 g/mol. The molecule has 0 unspecified atom stereocenters. The van der Waals surface area contributed by atoms with E-state index in [0.29, 0.717) is 44.2 Å². The third kappa shape index (κ3) is 3.91. The fourth-order valence-electron chi connectivity index (χ4n) is 3.22. The van der Waals surface area contributed by atoms with Gasteiger partial charge in [0, 0.05) is 22.5 Å². The summed E-state index contributed by atoms with van der Waals surface area (Å²) >= 11 is 12.1. The molecule has 5 aromatic rings. The predicted octanol–water partition coefficient (Wildman–Crippen LogP) is 5.41. The number of carbonyl (C=O) groups is 1. The lowest BCUT2D eigenvalue weighted by molar-refractivity contribution is 0.102. The van der Waals surface area contributed by atoms with E-state index in [9.17, 15) is 4.79 Å². The first-order valence-corrected chi connectivity index (χ1v) is 10.3. The maximum absolute atomic E-state index is 12.7. The fourth-order valence-corrected chi connectivity index (χ4v) is 3.60. The third-order valence-electron chi connectivity index (χ3n) is 4.75. The summed E-state index contributed by atoms with van der Waals surface area (Å²) in [4.78, 5) is 17.0. The Morgan fingerprint density at radius 3 is 2.62 bits per heavy atom. The lowest BCUT2D eigenvalue weighted by atomic mass is 10.1. The number of rotatable bonds is 4. The van der Waals surface area contributed by atoms with E-state index < -0.39 is 0 Å². The number of amides is 1. The zero-order valence-electron chi connectivity index (χ0n) is 16.4. The molecule has 0 radical (unpaired) electrons. The van der Waals surface area contributed by atoms with Gasteiger partial charge >= 0.3 is 0 Å². The summed E-state index contributed by atoms with van der Waals surface area (Å²) < 4.78 is 1.65. The van der Waals surface area contributed by atoms with Crippen molar-refractivity contribution < 1.29 is 4.79 Å². The Morgan fingerprint density at radius 2 is 1.78 bits per heavy atom. The molecule has 0 atom stereocenters. The van der Waals surface area contributed by atoms with Gasteiger partial charge in [0.1, 0.15) is 5.69 Å². The second-order valence-electron chi connectivity index (χ2n) is 6.89. The van der Waals surface area contributed by atoms with Crippen molar-refractivity contribution in [1.82, 2.24) is 24.8 Å². The molecule has 3 heterocycles. The molecule has 0 spiro atoms. The maximum atomic E-state index is 12.7. The Morgan fingerprint density at radius 1 is 0.875 bits per heavy atom. The van der Waals surface area contributed by atoms with E-state index >= 15 is 0 Å². The van der Waals surface area contributed by atoms with Gasteiger partial charge in [-0.25, -0.2) is 0 Å². The van der Waals surface area contributed by atoms with E-state index in [1.54, 1.807) is 28.9 Å². The molecule has 156 valence electrons. The molecule has 1 N–H and O–H groups in total. The highest BCUT2D eigenvalue weighted by Crippen LogP contribution is 2.25. The third-order valence-corrected chi connectivity index (χ3v) is 5.31. The Hall–Kier alpha value is -3.81. The summed E-state index contributed by atoms with van der Waals surface area (Å²) in [6, 6.07) is 21.4. The van der Waals surface area contributed by atoms with Gasteiger partial charge in [0.05, 0.1) is 16.3 Å². The average molecular weight is 461 g/mol. The van der Waals surface area contributed by atoms with Crippen LogP contribution in [0.2, 0.25) is 10.0 Å². The standard InChI is InChI=1S/C23H14Cl2N6O/c24-15-7-8-18(25)17(13-15)23(32)27-16-5-3-4-14(12-16)19-9-10-21-28-29-22(31(21)30-19)20-6-1-2-11-26-20/h1-13H,(H,27,32). The molecule has 0 bridgehead atoms. The number of hydrogen-bond acceptors (Lipinski definition) is 5. The molecule has 2 aromatic carbocycles. The van der Waals surface area contributed by atoms with Crippen LogP contribution in [0.1, 0.15) is 10.4 Å². The van der Waals surface area contributed by atoms with E-state index in [1.165, 1.54) is 6.07 Å². The van der Waals surface area contributed by atoms with Gasteiger partial charge in [-0.1, -0.05) is 41.4 Å². The molecule has 0 aliphatic carbocycles. The number of carbonyl (C=O) groups excluding carboxylic acids is 1. The van der Waals surface area contributed by atoms with Crippen LogP contribution in [0.3, 0.4) is 0 Å². The van der Waals surface area contributed by atoms with Crippen molar-refractivity contribution in [3.8, 4) is 22.8 Å². The SMILES string of the molecule is O=C(Nc1cccc(-c2ccc3nnc(-c4ccccn4)n3n2)c1)c1cc(Cl)ccc1Cl. The van der Waals surface area contributed by atoms with E-state index in [0.717, 1.165) is 5.56 Å². The monoisotopic (exact) mass is 460 g/mol. The van der Waals surface area contributed by atoms with Crippen molar-refractivity contribution in [2.24, 2.45) is 0 Å². The number of hydrogen-bond donors (Lipinski definition) is 1. The maximum Gasteiger partial charge on any atom is 0.257 e. The first-order chi connectivity index (χ1) is 15.6. The molecule has 0 aliphatic rings. The summed E-state index contributed by atoms with van der Waals surface area (Å²) in [5.74, 6) is 0.191. The van der Waals surface area contributed by atoms with Crippen LogP contribution in [0.4, 0.5) is 5.69 Å². The predicted molar refractivity (Wildman–Crippen MR) is 124 cm³/mol. The highest BCUT2D eigenvalue weighted by Gasteiger charge is 2.14. The van der Waals surface area contributed by atoms with Crippen LogP contribution in [-0.4, -0.2) is 30.7 Å². The van der Waals surface area contributed by atoms with E-state index in [4.69, 9.17) is 23.2 Å². The molecule has 1 amide bonds. The van der Waals surface area contributed by atoms with Crippen LogP contribution in [0.25, 0.3) is 28.4 Å². The minimum atomic E-state index is -0.352. The Bertz CT molecular complexity index is 1450. The molecule has 32 heavy (non-hydrogen) atoms. The summed E-state index contributed by atoms with van der Waals surface area (Å²) in [6.45, 7) is 0. The van der Waals surface area contributed by atoms with Crippen LogP contribution < -0.4 is 5.32 Å². The van der Waals surface area contributed by atoms with Gasteiger partial charge in [-0.2, -0.15) is 9.61 Å². The Labute approximate surface area is 192 Å². The summed E-state index contributed by atoms with van der Waals surface area (Å²) in [6.07, 6.45) is 1.69. The van der Waals surface area contributed by atoms with Crippen molar-refractivity contribution in [2.75, 3.05) is 5.32 Å². The number of pyridine rings is 1. The van der Waals surface area contributed by atoms with E-state index in [1.807, 2.05) is 48.5 Å². The first-order valence-electron chi connectivity index (χ1n) is 9.59. The quantitative estimate of drug-likeness (QED) is 0.387. The minimum Gasteiger partial charge on any atom is -0.322 e. The van der Waals surface area contributed by atoms with Crippen molar-refractivity contribution in [2.45, 2.75) is 0 Å². The zero-order chi connectivity index (χ0) is 22.1. The van der Waals surface area contributed by atoms with E-state index in [-0.39, 0.29) is 5.91 Å². The molecule has 3 aromatic heterocycles. The smallest absolute Gasteiger partial charge is 0.257 e. The molecule has 0 saturated carbocycles. The molecule has 5 rings (SSSR count). The van der Waals surface area contributed by atoms with Crippen LogP contribution in [-0.2, 0) is 0 Å². The zero-order valence-corrected chi connectivity index (χ0v) is 17.9. The fraction of sp³-hybridized carbons (Fsp3) is 0. The summed E-state index contributed by atoms with van der Waals surface area (Å²) in [5, 5.41) is 16.7. The first kappa shape index (κ1) is 20.1. The van der Waals surface area contributed by atoms with Gasteiger partial charge in [-0.05, 0) is 54.6 Å². The van der Waals surface area contributed by atoms with Crippen LogP contribution in [0, 0.1) is 0 Å². The largest absolute Gasteiger partial charge is 0.322 e. The number of halogens is 2. The highest BCUT2D eigenvalue weighted by molar-refractivity contribution is 6.36. The van der Waals surface area contributed by atoms with Crippen LogP contribution >= 0.6 is 23.2 Å². The van der Waals surface area contributed by atoms with Gasteiger partial charge < -0.3 is 5.32 Å². The van der Waals surface area contributed by atoms with Crippen LogP contribution in [0.15, 0.2) is 79.0 Å². The topological polar surface area (TPSA) is 85.1 Å². The lowest BCUT2D eigenvalue weighted by Crippen LogP contribution is -2.12. The number of anilines is 1. The lowest BCUT2D eigenvalue weighted by Gasteiger charge is -2.09. The van der Waals surface area contributed by atoms with Crippen molar-refractivity contribution in [1.29, 1.82) is 0 Å². The van der Waals surface area contributed by atoms with Gasteiger partial charge in [-0.15, -0.1) is 10.2 Å². The second kappa shape index (κ2) is 8.37. The number of fused-ring (bicyclic) bond motifs is 1. The molecular formula is C23H14Cl2N6O. The van der Waals surface area contributed by atoms with Gasteiger partial charge in [0.15, 0.2) is 5.65 Å².